The first-order valence-electron chi connectivity index (χ1n) is 35.5. The number of azide groups is 4. The predicted molar refractivity (Wildman–Crippen MR) is 374 cm³/mol. The van der Waals surface area contributed by atoms with Gasteiger partial charge in [0.15, 0.2) is 55.2 Å². The number of ether oxygens (including phenoxy) is 14. The highest BCUT2D eigenvalue weighted by Gasteiger charge is 2.57. The van der Waals surface area contributed by atoms with E-state index in [-0.39, 0.29) is 103 Å². The molecule has 0 amide bonds. The topological polar surface area (TPSA) is 471 Å². The summed E-state index contributed by atoms with van der Waals surface area (Å²) in [5, 5.41) is 32.9. The Morgan fingerprint density at radius 3 is 1.19 bits per heavy atom. The molecule has 0 aromatic rings. The number of hydrogen-bond donors (Lipinski definition) is 2. The summed E-state index contributed by atoms with van der Waals surface area (Å²) in [5.74, 6) is -5.44. The third-order valence-electron chi connectivity index (χ3n) is 19.4. The zero-order valence-corrected chi connectivity index (χ0v) is 64.9. The minimum Gasteiger partial charge on any atom is -0.457 e. The number of ketones is 4. The first kappa shape index (κ1) is 91.9. The molecule has 0 aromatic carbocycles. The van der Waals surface area contributed by atoms with Gasteiger partial charge in [0.1, 0.15) is 48.2 Å². The summed E-state index contributed by atoms with van der Waals surface area (Å²) in [5.41, 5.74) is 36.0. The molecule has 8 aliphatic heterocycles. The molecule has 0 radical (unpaired) electrons. The van der Waals surface area contributed by atoms with E-state index >= 15 is 0 Å². The van der Waals surface area contributed by atoms with E-state index < -0.39 is 156 Å². The Balaban J connectivity index is 0.000000430. The number of aliphatic hydroxyl groups excluding tert-OH is 1. The number of carbonyl (C=O) groups excluding carboxylic acids is 6. The summed E-state index contributed by atoms with van der Waals surface area (Å²) < 4.78 is 80.6. The van der Waals surface area contributed by atoms with E-state index in [0.717, 1.165) is 0 Å². The second-order valence-electron chi connectivity index (χ2n) is 25.9. The molecule has 8 heterocycles. The molecule has 2 N–H and O–H groups in total. The van der Waals surface area contributed by atoms with E-state index in [9.17, 15) is 44.9 Å². The molecule has 8 fully saturated rings. The maximum Gasteiger partial charge on any atom is 0.306 e. The second kappa shape index (κ2) is 44.1. The summed E-state index contributed by atoms with van der Waals surface area (Å²) in [6, 6.07) is -2.51. The number of rotatable bonds is 23. The van der Waals surface area contributed by atoms with Gasteiger partial charge in [-0.2, -0.15) is 0 Å². The van der Waals surface area contributed by atoms with Gasteiger partial charge in [-0.25, -0.2) is 0 Å². The fourth-order valence-electron chi connectivity index (χ4n) is 13.2. The molecule has 34 nitrogen and oxygen atoms in total. The van der Waals surface area contributed by atoms with Crippen LogP contribution in [-0.4, -0.2) is 198 Å². The number of carbonyl (C=O) groups is 6. The summed E-state index contributed by atoms with van der Waals surface area (Å²) in [7, 11) is 0. The number of Topliss-reactive ketones (excluding diaryl/α,β-unsaturated/α-hetero) is 4. The van der Waals surface area contributed by atoms with Gasteiger partial charge in [-0.05, 0) is 98.2 Å². The number of halogens is 3. The highest BCUT2D eigenvalue weighted by molar-refractivity contribution is 6.76. The molecule has 37 heteroatoms. The van der Waals surface area contributed by atoms with Gasteiger partial charge < -0.3 is 81.0 Å². The Kier molecular flexibility index (Phi) is 39.4. The zero-order valence-electron chi connectivity index (χ0n) is 62.6. The van der Waals surface area contributed by atoms with Crippen molar-refractivity contribution in [1.82, 2.24) is 0 Å². The molecule has 4 bridgehead atoms. The van der Waals surface area contributed by atoms with Crippen molar-refractivity contribution < 1.29 is 100 Å². The molecule has 0 aliphatic carbocycles. The van der Waals surface area contributed by atoms with Crippen molar-refractivity contribution in [2.24, 2.45) is 67.8 Å². The molecule has 8 unspecified atom stereocenters. The first-order chi connectivity index (χ1) is 48.8. The number of fused-ring (bicyclic) bond motifs is 4. The van der Waals surface area contributed by atoms with Crippen LogP contribution in [0.4, 0.5) is 0 Å². The van der Waals surface area contributed by atoms with Crippen LogP contribution < -0.4 is 0 Å². The molecule has 8 aliphatic rings. The third kappa shape index (κ3) is 24.4. The van der Waals surface area contributed by atoms with Crippen LogP contribution in [0.15, 0.2) is 20.5 Å². The van der Waals surface area contributed by atoms with Crippen molar-refractivity contribution in [3.8, 4) is 0 Å². The Bertz CT molecular complexity index is 2980. The van der Waals surface area contributed by atoms with Crippen molar-refractivity contribution >= 4 is 75.8 Å². The Labute approximate surface area is 617 Å². The molecule has 584 valence electrons. The summed E-state index contributed by atoms with van der Waals surface area (Å²) in [4.78, 5) is 85.9. The number of hydrogen-bond acceptors (Lipinski definition) is 26. The van der Waals surface area contributed by atoms with Crippen LogP contribution in [0.3, 0.4) is 0 Å². The number of aliphatic hydroxyl groups is 1. The Hall–Kier alpha value is -5.28. The van der Waals surface area contributed by atoms with Crippen LogP contribution in [0.25, 0.3) is 41.8 Å². The predicted octanol–water partition coefficient (Wildman–Crippen LogP) is 12.7. The number of alkyl halides is 3. The molecule has 0 aromatic heterocycles. The summed E-state index contributed by atoms with van der Waals surface area (Å²) in [6.45, 7) is 36.8. The van der Waals surface area contributed by atoms with Crippen LogP contribution in [0.2, 0.25) is 0 Å². The van der Waals surface area contributed by atoms with Crippen LogP contribution in [0, 0.1) is 52.8 Å². The highest BCUT2D eigenvalue weighted by Crippen LogP contribution is 2.44. The zero-order chi connectivity index (χ0) is 78.1. The summed E-state index contributed by atoms with van der Waals surface area (Å²) >= 11 is 17.3. The van der Waals surface area contributed by atoms with Crippen molar-refractivity contribution in [2.75, 3.05) is 13.2 Å². The lowest BCUT2D eigenvalue weighted by Gasteiger charge is -2.49. The van der Waals surface area contributed by atoms with Crippen LogP contribution in [-0.2, 0) is 95.1 Å². The van der Waals surface area contributed by atoms with E-state index in [2.05, 4.69) is 40.1 Å². The maximum atomic E-state index is 13.1. The average Bonchev–Trinajstić information content (AvgIpc) is 1.20. The van der Waals surface area contributed by atoms with Gasteiger partial charge in [0, 0.05) is 44.3 Å². The van der Waals surface area contributed by atoms with E-state index in [1.807, 2.05) is 96.9 Å². The Morgan fingerprint density at radius 1 is 0.456 bits per heavy atom. The standard InChI is InChI=1S/C29H44N6O10.C24H35Cl3N4O8.C7H11N3O3.3C2H6/c1-8-18-13(3)14(4)21(32-34-30)28(40-18)44-24-16(6)25(42-20(38)10-9-12(2)36)29(45-26(24)17(7)37)43-23-15(5)22(33-35-31)27-39-11-19(23)41-27;1-7-15-11(3)12(4)17(30-31-29)21(35-15)37-18-13(5)19(36-16(34)9-8-10(2)32)22(38-20(18)14(6)33)39-23(28)24(25,26)27;1-3-5(9-10-8)7-12-2-4(13-7)6(3)11;3*1-2/h13-16,18-19,21-29H,8-11H2,1-7H3;11-13,15,17-22,28H,7-9H2,1-6H3;3-7,11H,2H2,1H3;3*1-2H3/t13-,14-,15+,16-,18-,19?,21?,22?,23-,24-,25?,26-,27+,28+,29+;11-,12-,13-,15-,17?,18-,19?,20-,21+,22-;3-,4?,5?,6+,7-;;;/m001.../s1. The molecular formula is C66H108Cl3N13O21. The lowest BCUT2D eigenvalue weighted by Crippen LogP contribution is -2.62. The second-order valence-corrected chi connectivity index (χ2v) is 28.2. The molecule has 30 atom stereocenters. The third-order valence-corrected chi connectivity index (χ3v) is 19.9. The van der Waals surface area contributed by atoms with E-state index in [1.54, 1.807) is 13.8 Å². The maximum absolute atomic E-state index is 13.1. The van der Waals surface area contributed by atoms with E-state index in [4.69, 9.17) is 118 Å². The van der Waals surface area contributed by atoms with Gasteiger partial charge in [-0.15, -0.1) is 0 Å². The average molecular weight is 1530 g/mol. The quantitative estimate of drug-likeness (QED) is 0.0182. The monoisotopic (exact) mass is 1520 g/mol. The molecule has 8 rings (SSSR count). The van der Waals surface area contributed by atoms with Crippen molar-refractivity contribution in [2.45, 2.75) is 316 Å². The minimum atomic E-state index is -2.25. The normalized spacial score (nSPS) is 38.1. The fourth-order valence-corrected chi connectivity index (χ4v) is 13.3. The van der Waals surface area contributed by atoms with Crippen molar-refractivity contribution in [3.05, 3.63) is 41.8 Å². The van der Waals surface area contributed by atoms with Crippen LogP contribution in [0.5, 0.6) is 0 Å². The van der Waals surface area contributed by atoms with Crippen LogP contribution >= 0.6 is 34.8 Å². The van der Waals surface area contributed by atoms with Gasteiger partial charge in [0.05, 0.1) is 74.6 Å². The smallest absolute Gasteiger partial charge is 0.306 e. The Morgan fingerprint density at radius 2 is 0.816 bits per heavy atom. The molecular weight excluding hydrogens is 1420 g/mol. The van der Waals surface area contributed by atoms with Crippen molar-refractivity contribution in [1.29, 1.82) is 5.41 Å². The van der Waals surface area contributed by atoms with Gasteiger partial charge in [0.25, 0.3) is 3.79 Å². The first-order valence-corrected chi connectivity index (χ1v) is 36.6. The molecule has 0 saturated carbocycles. The lowest BCUT2D eigenvalue weighted by molar-refractivity contribution is -0.336. The number of nitrogens with zero attached hydrogens (tertiary/aromatic N) is 12. The van der Waals surface area contributed by atoms with Crippen LogP contribution in [0.1, 0.15) is 177 Å². The highest BCUT2D eigenvalue weighted by atomic mass is 35.6. The lowest BCUT2D eigenvalue weighted by atomic mass is 9.81. The SMILES string of the molecule is CC.CC.CC.CC[C@@H]1O[C@H](O[C@H]2[C@H](C)C(OC(=O)CCC(C)=O)[C@H](OC(=N)C(Cl)(Cl)Cl)O[C@H]2C(C)=O)C(N=[N+]=[N-])[C@@H](C)[C@@H]1C.CC[C@@H]1O[C@H](O[C@H]2[C@H](C)C(OC(=O)CCC(C)=O)[C@H](O[C@@H]3C4CO[C@H](O4)C(N=[N+]=[N-])[C@H]3C)O[C@H]2C(C)=O)C(N=[N+]=[N-])[C@@H](C)[C@@H]1C.C[C@@H]1C(N=[N+]=[N-])[C@@H]2OCC(O2)[C@H]1O. The number of esters is 2. The molecule has 103 heavy (non-hydrogen) atoms. The van der Waals surface area contributed by atoms with Gasteiger partial charge in [-0.1, -0.05) is 166 Å². The van der Waals surface area contributed by atoms with Gasteiger partial charge in [-0.3, -0.25) is 24.6 Å². The van der Waals surface area contributed by atoms with Gasteiger partial charge >= 0.3 is 11.9 Å². The minimum absolute atomic E-state index is 0.0112. The van der Waals surface area contributed by atoms with Gasteiger partial charge in [0.2, 0.25) is 12.2 Å². The largest absolute Gasteiger partial charge is 0.457 e. The van der Waals surface area contributed by atoms with E-state index in [0.29, 0.717) is 19.4 Å². The molecule has 8 saturated heterocycles. The summed E-state index contributed by atoms with van der Waals surface area (Å²) in [6.07, 6.45) is -14.3. The van der Waals surface area contributed by atoms with Crippen molar-refractivity contribution in [3.63, 3.8) is 0 Å². The fraction of sp³-hybridized carbons (Fsp3) is 0.894. The number of nitrogens with one attached hydrogen (secondary N) is 1. The van der Waals surface area contributed by atoms with E-state index in [1.165, 1.54) is 27.7 Å². The molecule has 0 spiro atoms.